The monoisotopic (exact) mass is 383 g/mol. The van der Waals surface area contributed by atoms with Gasteiger partial charge in [0.2, 0.25) is 5.95 Å². The minimum Gasteiger partial charge on any atom is -0.493 e. The maximum absolute atomic E-state index is 14.6. The van der Waals surface area contributed by atoms with E-state index >= 15 is 0 Å². The molecule has 9 heteroatoms. The fourth-order valence-corrected chi connectivity index (χ4v) is 3.66. The molecule has 146 valence electrons. The van der Waals surface area contributed by atoms with Gasteiger partial charge < -0.3 is 15.4 Å². The molecule has 2 fully saturated rings. The van der Waals surface area contributed by atoms with Gasteiger partial charge in [0.15, 0.2) is 17.2 Å². The minimum atomic E-state index is -0.493. The van der Waals surface area contributed by atoms with E-state index in [4.69, 9.17) is 9.72 Å². The normalized spacial score (nSPS) is 19.7. The zero-order valence-electron chi connectivity index (χ0n) is 15.7. The highest BCUT2D eigenvalue weighted by Gasteiger charge is 2.30. The number of rotatable bonds is 5. The summed E-state index contributed by atoms with van der Waals surface area (Å²) in [5.41, 5.74) is 2.23. The Morgan fingerprint density at radius 1 is 1.25 bits per heavy atom. The lowest BCUT2D eigenvalue weighted by atomic mass is 10.1. The molecule has 1 aliphatic heterocycles. The summed E-state index contributed by atoms with van der Waals surface area (Å²) >= 11 is 0. The molecule has 5 rings (SSSR count). The molecule has 0 spiro atoms. The van der Waals surface area contributed by atoms with Crippen molar-refractivity contribution in [2.75, 3.05) is 25.5 Å². The van der Waals surface area contributed by atoms with Crippen LogP contribution < -0.4 is 15.4 Å². The van der Waals surface area contributed by atoms with E-state index in [-0.39, 0.29) is 11.7 Å². The SMILES string of the molecule is COc1cn2ncc(-c3nc(N[C@@H]4CCCNC4)ncc3F)c2nc1C1CC1. The largest absolute Gasteiger partial charge is 0.493 e. The summed E-state index contributed by atoms with van der Waals surface area (Å²) in [4.78, 5) is 13.3. The highest BCUT2D eigenvalue weighted by atomic mass is 19.1. The van der Waals surface area contributed by atoms with E-state index in [1.54, 1.807) is 24.0 Å². The lowest BCUT2D eigenvalue weighted by Crippen LogP contribution is -2.38. The molecule has 3 aromatic heterocycles. The van der Waals surface area contributed by atoms with Crippen molar-refractivity contribution in [2.45, 2.75) is 37.6 Å². The van der Waals surface area contributed by atoms with Gasteiger partial charge in [-0.3, -0.25) is 0 Å². The number of methoxy groups -OCH3 is 1. The summed E-state index contributed by atoms with van der Waals surface area (Å²) in [6, 6.07) is 0.236. The molecule has 1 saturated carbocycles. The summed E-state index contributed by atoms with van der Waals surface area (Å²) < 4.78 is 21.7. The van der Waals surface area contributed by atoms with E-state index < -0.39 is 5.82 Å². The molecule has 2 aliphatic rings. The Labute approximate surface area is 161 Å². The van der Waals surface area contributed by atoms with Crippen molar-refractivity contribution >= 4 is 11.6 Å². The van der Waals surface area contributed by atoms with Crippen molar-refractivity contribution in [3.8, 4) is 17.0 Å². The number of halogens is 1. The molecule has 3 aromatic rings. The Morgan fingerprint density at radius 2 is 2.14 bits per heavy atom. The number of nitrogens with zero attached hydrogens (tertiary/aromatic N) is 5. The Balaban J connectivity index is 1.53. The van der Waals surface area contributed by atoms with E-state index in [0.29, 0.717) is 28.8 Å². The van der Waals surface area contributed by atoms with Crippen LogP contribution in [0.3, 0.4) is 0 Å². The van der Waals surface area contributed by atoms with Crippen molar-refractivity contribution in [3.63, 3.8) is 0 Å². The second-order valence-electron chi connectivity index (χ2n) is 7.37. The molecular formula is C19H22FN7O. The summed E-state index contributed by atoms with van der Waals surface area (Å²) in [7, 11) is 1.63. The zero-order valence-corrected chi connectivity index (χ0v) is 15.7. The molecule has 0 unspecified atom stereocenters. The third-order valence-corrected chi connectivity index (χ3v) is 5.30. The van der Waals surface area contributed by atoms with E-state index in [1.807, 2.05) is 0 Å². The topological polar surface area (TPSA) is 89.3 Å². The molecule has 28 heavy (non-hydrogen) atoms. The van der Waals surface area contributed by atoms with Crippen molar-refractivity contribution in [1.29, 1.82) is 0 Å². The molecule has 4 heterocycles. The number of ether oxygens (including phenoxy) is 1. The standard InChI is InChI=1S/C19H22FN7O/c1-28-15-10-27-18(25-16(15)11-4-5-11)13(8-23-27)17-14(20)9-22-19(26-17)24-12-3-2-6-21-7-12/h8-12,21H,2-7H2,1H3,(H,22,24,26)/t12-/m1/s1. The van der Waals surface area contributed by atoms with Crippen LogP contribution in [-0.2, 0) is 0 Å². The van der Waals surface area contributed by atoms with Gasteiger partial charge in [-0.1, -0.05) is 0 Å². The van der Waals surface area contributed by atoms with Gasteiger partial charge in [0.25, 0.3) is 0 Å². The number of nitrogens with one attached hydrogen (secondary N) is 2. The van der Waals surface area contributed by atoms with Gasteiger partial charge in [0.1, 0.15) is 5.69 Å². The summed E-state index contributed by atoms with van der Waals surface area (Å²) in [6.07, 6.45) is 8.90. The lowest BCUT2D eigenvalue weighted by Gasteiger charge is -2.23. The molecular weight excluding hydrogens is 361 g/mol. The van der Waals surface area contributed by atoms with E-state index in [0.717, 1.165) is 44.5 Å². The van der Waals surface area contributed by atoms with Crippen molar-refractivity contribution in [1.82, 2.24) is 29.9 Å². The van der Waals surface area contributed by atoms with Crippen LogP contribution in [0.25, 0.3) is 16.9 Å². The smallest absolute Gasteiger partial charge is 0.223 e. The van der Waals surface area contributed by atoms with Gasteiger partial charge in [-0.05, 0) is 32.2 Å². The highest BCUT2D eigenvalue weighted by molar-refractivity contribution is 5.75. The fourth-order valence-electron chi connectivity index (χ4n) is 3.66. The molecule has 0 radical (unpaired) electrons. The first kappa shape index (κ1) is 17.3. The molecule has 0 amide bonds. The summed E-state index contributed by atoms with van der Waals surface area (Å²) in [6.45, 7) is 1.87. The predicted molar refractivity (Wildman–Crippen MR) is 102 cm³/mol. The van der Waals surface area contributed by atoms with Crippen LogP contribution in [0, 0.1) is 5.82 Å². The molecule has 0 aromatic carbocycles. The van der Waals surface area contributed by atoms with E-state index in [9.17, 15) is 4.39 Å². The number of fused-ring (bicyclic) bond motifs is 1. The summed E-state index contributed by atoms with van der Waals surface area (Å²) in [5, 5.41) is 11.0. The number of hydrogen-bond donors (Lipinski definition) is 2. The highest BCUT2D eigenvalue weighted by Crippen LogP contribution is 2.43. The molecule has 1 aliphatic carbocycles. The number of anilines is 1. The third kappa shape index (κ3) is 3.15. The fraction of sp³-hybridized carbons (Fsp3) is 0.474. The second kappa shape index (κ2) is 6.97. The third-order valence-electron chi connectivity index (χ3n) is 5.30. The van der Waals surface area contributed by atoms with Gasteiger partial charge in [0.05, 0.1) is 37.0 Å². The predicted octanol–water partition coefficient (Wildman–Crippen LogP) is 2.38. The average Bonchev–Trinajstić information content (AvgIpc) is 3.49. The van der Waals surface area contributed by atoms with Gasteiger partial charge in [-0.15, -0.1) is 0 Å². The van der Waals surface area contributed by atoms with Crippen LogP contribution in [-0.4, -0.2) is 50.8 Å². The van der Waals surface area contributed by atoms with Crippen LogP contribution in [0.5, 0.6) is 5.75 Å². The van der Waals surface area contributed by atoms with Crippen LogP contribution >= 0.6 is 0 Å². The van der Waals surface area contributed by atoms with E-state index in [1.165, 1.54) is 6.20 Å². The van der Waals surface area contributed by atoms with Crippen LogP contribution in [0.2, 0.25) is 0 Å². The maximum Gasteiger partial charge on any atom is 0.223 e. The van der Waals surface area contributed by atoms with Gasteiger partial charge in [-0.25, -0.2) is 23.9 Å². The molecule has 8 nitrogen and oxygen atoms in total. The minimum absolute atomic E-state index is 0.204. The molecule has 1 atom stereocenters. The van der Waals surface area contributed by atoms with Crippen LogP contribution in [0.4, 0.5) is 10.3 Å². The van der Waals surface area contributed by atoms with Crippen molar-refractivity contribution < 1.29 is 9.13 Å². The maximum atomic E-state index is 14.6. The van der Waals surface area contributed by atoms with Gasteiger partial charge in [-0.2, -0.15) is 5.10 Å². The average molecular weight is 383 g/mol. The second-order valence-corrected chi connectivity index (χ2v) is 7.37. The Morgan fingerprint density at radius 3 is 2.89 bits per heavy atom. The Bertz CT molecular complexity index is 1010. The Hall–Kier alpha value is -2.81. The Kier molecular flexibility index (Phi) is 4.31. The molecule has 0 bridgehead atoms. The van der Waals surface area contributed by atoms with Gasteiger partial charge in [0, 0.05) is 18.5 Å². The summed E-state index contributed by atoms with van der Waals surface area (Å²) in [5.74, 6) is 1.03. The molecule has 1 saturated heterocycles. The molecule has 2 N–H and O–H groups in total. The van der Waals surface area contributed by atoms with Crippen LogP contribution in [0.15, 0.2) is 18.6 Å². The number of piperidine rings is 1. The zero-order chi connectivity index (χ0) is 19.1. The first-order valence-electron chi connectivity index (χ1n) is 9.65. The number of hydrogen-bond acceptors (Lipinski definition) is 7. The van der Waals surface area contributed by atoms with Crippen molar-refractivity contribution in [3.05, 3.63) is 30.1 Å². The quantitative estimate of drug-likeness (QED) is 0.699. The lowest BCUT2D eigenvalue weighted by molar-refractivity contribution is 0.403. The van der Waals surface area contributed by atoms with Gasteiger partial charge >= 0.3 is 0 Å². The first-order chi connectivity index (χ1) is 13.7. The van der Waals surface area contributed by atoms with E-state index in [2.05, 4.69) is 25.7 Å². The van der Waals surface area contributed by atoms with Crippen molar-refractivity contribution in [2.24, 2.45) is 0 Å². The van der Waals surface area contributed by atoms with Crippen LogP contribution in [0.1, 0.15) is 37.3 Å². The number of aromatic nitrogens is 5. The first-order valence-corrected chi connectivity index (χ1v) is 9.65.